The van der Waals surface area contributed by atoms with E-state index in [0.29, 0.717) is 17.4 Å². The van der Waals surface area contributed by atoms with Gasteiger partial charge in [0.15, 0.2) is 8.32 Å². The minimum atomic E-state index is -1.56. The predicted octanol–water partition coefficient (Wildman–Crippen LogP) is 4.01. The first-order chi connectivity index (χ1) is 7.20. The lowest BCUT2D eigenvalue weighted by Crippen LogP contribution is -2.41. The van der Waals surface area contributed by atoms with Gasteiger partial charge in [-0.3, -0.25) is 0 Å². The summed E-state index contributed by atoms with van der Waals surface area (Å²) in [5, 5.41) is 0.293. The predicted molar refractivity (Wildman–Crippen MR) is 72.2 cm³/mol. The Labute approximate surface area is 102 Å². The molecular formula is C13H28O2Si. The van der Waals surface area contributed by atoms with Crippen molar-refractivity contribution in [3.8, 4) is 0 Å². The van der Waals surface area contributed by atoms with Crippen LogP contribution in [0.5, 0.6) is 0 Å². The first-order valence-corrected chi connectivity index (χ1v) is 9.19. The summed E-state index contributed by atoms with van der Waals surface area (Å²) < 4.78 is 6.07. The van der Waals surface area contributed by atoms with Crippen LogP contribution in [0.15, 0.2) is 0 Å². The SMILES string of the molecule is C[C@H](CC=O)CCCO[Si](C)(C)C(C)(C)C. The Kier molecular flexibility index (Phi) is 6.49. The summed E-state index contributed by atoms with van der Waals surface area (Å²) in [7, 11) is -1.56. The van der Waals surface area contributed by atoms with E-state index in [2.05, 4.69) is 40.8 Å². The summed E-state index contributed by atoms with van der Waals surface area (Å²) >= 11 is 0. The van der Waals surface area contributed by atoms with Crippen molar-refractivity contribution in [2.24, 2.45) is 5.92 Å². The Bertz CT molecular complexity index is 206. The van der Waals surface area contributed by atoms with Gasteiger partial charge in [0.1, 0.15) is 6.29 Å². The van der Waals surface area contributed by atoms with Crippen LogP contribution in [0.25, 0.3) is 0 Å². The number of carbonyl (C=O) groups excluding carboxylic acids is 1. The summed E-state index contributed by atoms with van der Waals surface area (Å²) in [5.41, 5.74) is 0. The highest BCUT2D eigenvalue weighted by Crippen LogP contribution is 2.36. The van der Waals surface area contributed by atoms with Crippen molar-refractivity contribution in [3.63, 3.8) is 0 Å². The molecule has 0 saturated carbocycles. The molecular weight excluding hydrogens is 216 g/mol. The third kappa shape index (κ3) is 5.80. The van der Waals surface area contributed by atoms with Gasteiger partial charge in [-0.05, 0) is 36.9 Å². The van der Waals surface area contributed by atoms with Crippen molar-refractivity contribution < 1.29 is 9.22 Å². The molecule has 0 aromatic heterocycles. The second kappa shape index (κ2) is 6.55. The zero-order valence-corrected chi connectivity index (χ0v) is 12.8. The van der Waals surface area contributed by atoms with Crippen LogP contribution in [0, 0.1) is 5.92 Å². The second-order valence-corrected chi connectivity index (χ2v) is 11.1. The monoisotopic (exact) mass is 244 g/mol. The fraction of sp³-hybridized carbons (Fsp3) is 0.923. The molecule has 0 rings (SSSR count). The van der Waals surface area contributed by atoms with Crippen molar-refractivity contribution >= 4 is 14.6 Å². The normalized spacial score (nSPS) is 14.9. The summed E-state index contributed by atoms with van der Waals surface area (Å²) in [6, 6.07) is 0. The zero-order valence-electron chi connectivity index (χ0n) is 11.8. The Balaban J connectivity index is 3.78. The van der Waals surface area contributed by atoms with Crippen LogP contribution >= 0.6 is 0 Å². The van der Waals surface area contributed by atoms with E-state index in [9.17, 15) is 4.79 Å². The van der Waals surface area contributed by atoms with Crippen molar-refractivity contribution in [2.75, 3.05) is 6.61 Å². The largest absolute Gasteiger partial charge is 0.417 e. The van der Waals surface area contributed by atoms with E-state index in [1.165, 1.54) is 0 Å². The molecule has 0 radical (unpaired) electrons. The summed E-state index contributed by atoms with van der Waals surface area (Å²) in [4.78, 5) is 10.3. The fourth-order valence-corrected chi connectivity index (χ4v) is 2.35. The highest BCUT2D eigenvalue weighted by molar-refractivity contribution is 6.74. The molecule has 96 valence electrons. The maximum atomic E-state index is 10.3. The number of hydrogen-bond acceptors (Lipinski definition) is 2. The minimum Gasteiger partial charge on any atom is -0.417 e. The topological polar surface area (TPSA) is 26.3 Å². The molecule has 0 unspecified atom stereocenters. The average Bonchev–Trinajstić information content (AvgIpc) is 2.11. The van der Waals surface area contributed by atoms with Gasteiger partial charge in [-0.15, -0.1) is 0 Å². The van der Waals surface area contributed by atoms with E-state index >= 15 is 0 Å². The molecule has 0 aromatic rings. The quantitative estimate of drug-likeness (QED) is 0.384. The van der Waals surface area contributed by atoms with Crippen LogP contribution in [-0.4, -0.2) is 21.2 Å². The lowest BCUT2D eigenvalue weighted by atomic mass is 10.0. The van der Waals surface area contributed by atoms with E-state index in [1.807, 2.05) is 0 Å². The molecule has 0 bridgehead atoms. The van der Waals surface area contributed by atoms with Crippen LogP contribution in [0.2, 0.25) is 18.1 Å². The standard InChI is InChI=1S/C13H28O2Si/c1-12(9-10-14)8-7-11-15-16(5,6)13(2,3)4/h10,12H,7-9,11H2,1-6H3/t12-/m0/s1. The maximum absolute atomic E-state index is 10.3. The minimum absolute atomic E-state index is 0.293. The van der Waals surface area contributed by atoms with Gasteiger partial charge in [0.25, 0.3) is 0 Å². The molecule has 16 heavy (non-hydrogen) atoms. The summed E-state index contributed by atoms with van der Waals surface area (Å²) in [5.74, 6) is 0.500. The lowest BCUT2D eigenvalue weighted by molar-refractivity contribution is -0.108. The molecule has 0 aliphatic heterocycles. The Morgan fingerprint density at radius 1 is 1.31 bits per heavy atom. The Hall–Kier alpha value is -0.153. The number of carbonyl (C=O) groups is 1. The number of hydrogen-bond donors (Lipinski definition) is 0. The van der Waals surface area contributed by atoms with Gasteiger partial charge >= 0.3 is 0 Å². The fourth-order valence-electron chi connectivity index (χ4n) is 1.26. The second-order valence-electron chi connectivity index (χ2n) is 6.26. The van der Waals surface area contributed by atoms with Crippen molar-refractivity contribution in [1.29, 1.82) is 0 Å². The van der Waals surface area contributed by atoms with Gasteiger partial charge in [0, 0.05) is 13.0 Å². The molecule has 3 heteroatoms. The third-order valence-electron chi connectivity index (χ3n) is 3.61. The number of rotatable bonds is 7. The van der Waals surface area contributed by atoms with E-state index in [4.69, 9.17) is 4.43 Å². The average molecular weight is 244 g/mol. The molecule has 2 nitrogen and oxygen atoms in total. The molecule has 0 N–H and O–H groups in total. The summed E-state index contributed by atoms with van der Waals surface area (Å²) in [6.07, 6.45) is 3.86. The number of aldehydes is 1. The highest BCUT2D eigenvalue weighted by Gasteiger charge is 2.36. The molecule has 0 aromatic carbocycles. The first kappa shape index (κ1) is 15.8. The molecule has 0 saturated heterocycles. The van der Waals surface area contributed by atoms with Crippen molar-refractivity contribution in [2.45, 2.75) is 65.1 Å². The lowest BCUT2D eigenvalue weighted by Gasteiger charge is -2.36. The van der Waals surface area contributed by atoms with Crippen molar-refractivity contribution in [3.05, 3.63) is 0 Å². The molecule has 0 aliphatic carbocycles. The smallest absolute Gasteiger partial charge is 0.191 e. The molecule has 0 fully saturated rings. The van der Waals surface area contributed by atoms with Gasteiger partial charge in [0.2, 0.25) is 0 Å². The Morgan fingerprint density at radius 3 is 2.31 bits per heavy atom. The third-order valence-corrected chi connectivity index (χ3v) is 8.15. The molecule has 0 amide bonds. The van der Waals surface area contributed by atoms with E-state index in [-0.39, 0.29) is 0 Å². The molecule has 0 spiro atoms. The van der Waals surface area contributed by atoms with Gasteiger partial charge in [-0.25, -0.2) is 0 Å². The van der Waals surface area contributed by atoms with Crippen LogP contribution in [0.1, 0.15) is 47.0 Å². The highest BCUT2D eigenvalue weighted by atomic mass is 28.4. The van der Waals surface area contributed by atoms with Crippen molar-refractivity contribution in [1.82, 2.24) is 0 Å². The van der Waals surface area contributed by atoms with E-state index in [0.717, 1.165) is 25.7 Å². The first-order valence-electron chi connectivity index (χ1n) is 6.28. The van der Waals surface area contributed by atoms with Crippen LogP contribution < -0.4 is 0 Å². The van der Waals surface area contributed by atoms with Gasteiger partial charge in [-0.1, -0.05) is 27.7 Å². The molecule has 0 aliphatic rings. The Morgan fingerprint density at radius 2 is 1.88 bits per heavy atom. The van der Waals surface area contributed by atoms with E-state index < -0.39 is 8.32 Å². The molecule has 0 heterocycles. The van der Waals surface area contributed by atoms with E-state index in [1.54, 1.807) is 0 Å². The van der Waals surface area contributed by atoms with Crippen LogP contribution in [0.3, 0.4) is 0 Å². The van der Waals surface area contributed by atoms with Gasteiger partial charge < -0.3 is 9.22 Å². The van der Waals surface area contributed by atoms with Crippen LogP contribution in [-0.2, 0) is 9.22 Å². The van der Waals surface area contributed by atoms with Gasteiger partial charge in [0.05, 0.1) is 0 Å². The van der Waals surface area contributed by atoms with Gasteiger partial charge in [-0.2, -0.15) is 0 Å². The zero-order chi connectivity index (χ0) is 12.8. The van der Waals surface area contributed by atoms with Crippen LogP contribution in [0.4, 0.5) is 0 Å². The maximum Gasteiger partial charge on any atom is 0.191 e. The summed E-state index contributed by atoms with van der Waals surface area (Å²) in [6.45, 7) is 14.3. The molecule has 1 atom stereocenters.